The fraction of sp³-hybridized carbons (Fsp3) is 0.929. The zero-order valence-corrected chi connectivity index (χ0v) is 13.7. The molecule has 0 bridgehead atoms. The minimum absolute atomic E-state index is 0.0358. The summed E-state index contributed by atoms with van der Waals surface area (Å²) in [5.74, 6) is 0.198. The average Bonchev–Trinajstić information content (AvgIpc) is 2.99. The highest BCUT2D eigenvalue weighted by atomic mass is 32.2. The van der Waals surface area contributed by atoms with Gasteiger partial charge in [-0.1, -0.05) is 26.2 Å². The quantitative estimate of drug-likeness (QED) is 0.564. The highest BCUT2D eigenvalue weighted by molar-refractivity contribution is 7.89. The predicted molar refractivity (Wildman–Crippen MR) is 84.9 cm³/mol. The first-order chi connectivity index (χ1) is 9.96. The Labute approximate surface area is 128 Å². The van der Waals surface area contributed by atoms with E-state index in [2.05, 4.69) is 11.8 Å². The molecule has 21 heavy (non-hydrogen) atoms. The van der Waals surface area contributed by atoms with Crippen LogP contribution in [0.4, 0.5) is 0 Å². The van der Waals surface area contributed by atoms with Crippen LogP contribution >= 0.6 is 0 Å². The molecule has 1 aliphatic heterocycles. The molecular formula is C14H28N4O2S. The van der Waals surface area contributed by atoms with Gasteiger partial charge in [0.15, 0.2) is 0 Å². The summed E-state index contributed by atoms with van der Waals surface area (Å²) in [4.78, 5) is 2.16. The van der Waals surface area contributed by atoms with Gasteiger partial charge in [0.05, 0.1) is 11.3 Å². The molecule has 2 aliphatic rings. The van der Waals surface area contributed by atoms with Crippen LogP contribution in [-0.4, -0.2) is 60.9 Å². The maximum atomic E-state index is 12.6. The van der Waals surface area contributed by atoms with Crippen molar-refractivity contribution in [3.63, 3.8) is 0 Å². The molecule has 1 heterocycles. The van der Waals surface area contributed by atoms with Gasteiger partial charge in [-0.25, -0.2) is 8.42 Å². The van der Waals surface area contributed by atoms with E-state index < -0.39 is 10.0 Å². The second-order valence-electron chi connectivity index (χ2n) is 6.15. The molecule has 0 aromatic carbocycles. The van der Waals surface area contributed by atoms with Crippen molar-refractivity contribution < 1.29 is 8.42 Å². The SMILES string of the molecule is CCCC(C(=N)N)N1CCN(S(=O)(=O)C2CCCC2)CC1. The minimum Gasteiger partial charge on any atom is -0.386 e. The lowest BCUT2D eigenvalue weighted by Crippen LogP contribution is -2.56. The Balaban J connectivity index is 1.94. The molecule has 1 saturated heterocycles. The van der Waals surface area contributed by atoms with Crippen molar-refractivity contribution in [1.82, 2.24) is 9.21 Å². The Kier molecular flexibility index (Phi) is 5.62. The third-order valence-corrected chi connectivity index (χ3v) is 7.12. The Morgan fingerprint density at radius 2 is 1.81 bits per heavy atom. The standard InChI is InChI=1S/C14H28N4O2S/c1-2-5-13(14(15)16)17-8-10-18(11-9-17)21(19,20)12-6-3-4-7-12/h12-13H,2-11H2,1H3,(H3,15,16). The normalized spacial score (nSPS) is 24.2. The molecule has 3 N–H and O–H groups in total. The van der Waals surface area contributed by atoms with E-state index in [9.17, 15) is 8.42 Å². The zero-order chi connectivity index (χ0) is 15.5. The van der Waals surface area contributed by atoms with E-state index in [1.807, 2.05) is 0 Å². The predicted octanol–water partition coefficient (Wildman–Crippen LogP) is 0.981. The summed E-state index contributed by atoms with van der Waals surface area (Å²) in [6.45, 7) is 4.50. The van der Waals surface area contributed by atoms with E-state index in [-0.39, 0.29) is 17.1 Å². The number of amidine groups is 1. The highest BCUT2D eigenvalue weighted by Gasteiger charge is 2.36. The van der Waals surface area contributed by atoms with Crippen molar-refractivity contribution >= 4 is 15.9 Å². The van der Waals surface area contributed by atoms with Gasteiger partial charge in [0.25, 0.3) is 0 Å². The molecule has 122 valence electrons. The number of nitrogens with two attached hydrogens (primary N) is 1. The lowest BCUT2D eigenvalue weighted by Gasteiger charge is -2.39. The molecule has 6 nitrogen and oxygen atoms in total. The summed E-state index contributed by atoms with van der Waals surface area (Å²) in [6, 6.07) is -0.0358. The number of piperazine rings is 1. The van der Waals surface area contributed by atoms with Crippen LogP contribution < -0.4 is 5.73 Å². The van der Waals surface area contributed by atoms with Gasteiger partial charge < -0.3 is 5.73 Å². The first-order valence-electron chi connectivity index (χ1n) is 8.03. The summed E-state index contributed by atoms with van der Waals surface area (Å²) >= 11 is 0. The second kappa shape index (κ2) is 7.07. The van der Waals surface area contributed by atoms with Gasteiger partial charge >= 0.3 is 0 Å². The number of nitrogens with one attached hydrogen (secondary N) is 1. The maximum Gasteiger partial charge on any atom is 0.217 e. The van der Waals surface area contributed by atoms with Gasteiger partial charge in [-0.05, 0) is 19.3 Å². The van der Waals surface area contributed by atoms with Gasteiger partial charge in [-0.3, -0.25) is 10.3 Å². The summed E-state index contributed by atoms with van der Waals surface area (Å²) in [5.41, 5.74) is 5.68. The second-order valence-corrected chi connectivity index (χ2v) is 8.36. The first-order valence-corrected chi connectivity index (χ1v) is 9.54. The van der Waals surface area contributed by atoms with Crippen LogP contribution in [0, 0.1) is 5.41 Å². The van der Waals surface area contributed by atoms with Crippen LogP contribution in [0.5, 0.6) is 0 Å². The summed E-state index contributed by atoms with van der Waals surface area (Å²) < 4.78 is 26.8. The fourth-order valence-corrected chi connectivity index (χ4v) is 5.50. The molecule has 7 heteroatoms. The molecule has 0 amide bonds. The van der Waals surface area contributed by atoms with Gasteiger partial charge in [-0.2, -0.15) is 4.31 Å². The molecule has 0 radical (unpaired) electrons. The zero-order valence-electron chi connectivity index (χ0n) is 12.9. The van der Waals surface area contributed by atoms with E-state index in [4.69, 9.17) is 11.1 Å². The van der Waals surface area contributed by atoms with Crippen LogP contribution in [-0.2, 0) is 10.0 Å². The van der Waals surface area contributed by atoms with E-state index in [1.165, 1.54) is 0 Å². The minimum atomic E-state index is -3.12. The Bertz CT molecular complexity index is 452. The van der Waals surface area contributed by atoms with Gasteiger partial charge in [0.2, 0.25) is 10.0 Å². The van der Waals surface area contributed by atoms with E-state index in [0.717, 1.165) is 38.5 Å². The molecule has 1 unspecified atom stereocenters. The third kappa shape index (κ3) is 3.76. The van der Waals surface area contributed by atoms with E-state index >= 15 is 0 Å². The van der Waals surface area contributed by atoms with Crippen molar-refractivity contribution in [1.29, 1.82) is 5.41 Å². The van der Waals surface area contributed by atoms with Gasteiger partial charge in [-0.15, -0.1) is 0 Å². The molecule has 1 saturated carbocycles. The Hall–Kier alpha value is -0.660. The van der Waals surface area contributed by atoms with E-state index in [0.29, 0.717) is 26.2 Å². The molecule has 2 rings (SSSR count). The van der Waals surface area contributed by atoms with Crippen LogP contribution in [0.2, 0.25) is 0 Å². The monoisotopic (exact) mass is 316 g/mol. The molecule has 1 atom stereocenters. The number of sulfonamides is 1. The summed E-state index contributed by atoms with van der Waals surface area (Å²) in [5, 5.41) is 7.54. The van der Waals surface area contributed by atoms with Crippen LogP contribution in [0.1, 0.15) is 45.4 Å². The van der Waals surface area contributed by atoms with Gasteiger partial charge in [0, 0.05) is 26.2 Å². The molecule has 0 aromatic rings. The fourth-order valence-electron chi connectivity index (χ4n) is 3.47. The topological polar surface area (TPSA) is 90.5 Å². The van der Waals surface area contributed by atoms with Crippen LogP contribution in [0.25, 0.3) is 0 Å². The largest absolute Gasteiger partial charge is 0.386 e. The molecular weight excluding hydrogens is 288 g/mol. The van der Waals surface area contributed by atoms with Crippen molar-refractivity contribution in [2.24, 2.45) is 5.73 Å². The lowest BCUT2D eigenvalue weighted by molar-refractivity contribution is 0.160. The summed E-state index contributed by atoms with van der Waals surface area (Å²) in [6.07, 6.45) is 5.54. The number of rotatable bonds is 6. The third-order valence-electron chi connectivity index (χ3n) is 4.72. The highest BCUT2D eigenvalue weighted by Crippen LogP contribution is 2.28. The van der Waals surface area contributed by atoms with Crippen molar-refractivity contribution in [3.8, 4) is 0 Å². The number of hydrogen-bond donors (Lipinski definition) is 2. The average molecular weight is 316 g/mol. The molecule has 0 spiro atoms. The first kappa shape index (κ1) is 16.7. The van der Waals surface area contributed by atoms with Crippen molar-refractivity contribution in [2.75, 3.05) is 26.2 Å². The van der Waals surface area contributed by atoms with Gasteiger partial charge in [0.1, 0.15) is 5.84 Å². The molecule has 1 aliphatic carbocycles. The number of nitrogens with zero attached hydrogens (tertiary/aromatic N) is 2. The molecule has 2 fully saturated rings. The Morgan fingerprint density at radius 1 is 1.24 bits per heavy atom. The van der Waals surface area contributed by atoms with Crippen LogP contribution in [0.3, 0.4) is 0 Å². The lowest BCUT2D eigenvalue weighted by atomic mass is 10.1. The van der Waals surface area contributed by atoms with Crippen LogP contribution in [0.15, 0.2) is 0 Å². The molecule has 0 aromatic heterocycles. The van der Waals surface area contributed by atoms with Crippen molar-refractivity contribution in [3.05, 3.63) is 0 Å². The smallest absolute Gasteiger partial charge is 0.217 e. The number of hydrogen-bond acceptors (Lipinski definition) is 4. The Morgan fingerprint density at radius 3 is 2.29 bits per heavy atom. The maximum absolute atomic E-state index is 12.6. The van der Waals surface area contributed by atoms with E-state index in [1.54, 1.807) is 4.31 Å². The summed E-state index contributed by atoms with van der Waals surface area (Å²) in [7, 11) is -3.12. The van der Waals surface area contributed by atoms with Crippen molar-refractivity contribution in [2.45, 2.75) is 56.7 Å².